The number of halogens is 1. The predicted molar refractivity (Wildman–Crippen MR) is 87.4 cm³/mol. The van der Waals surface area contributed by atoms with Crippen molar-refractivity contribution in [2.45, 2.75) is 31.3 Å². The van der Waals surface area contributed by atoms with Gasteiger partial charge < -0.3 is 10.4 Å². The van der Waals surface area contributed by atoms with Gasteiger partial charge in [0, 0.05) is 11.1 Å². The first-order valence-electron chi connectivity index (χ1n) is 7.42. The van der Waals surface area contributed by atoms with Gasteiger partial charge in [0.25, 0.3) is 0 Å². The lowest BCUT2D eigenvalue weighted by Crippen LogP contribution is -2.45. The molecule has 4 heteroatoms. The van der Waals surface area contributed by atoms with Gasteiger partial charge in [-0.05, 0) is 48.1 Å². The topological polar surface area (TPSA) is 49.3 Å². The third-order valence-electron chi connectivity index (χ3n) is 4.12. The second-order valence-corrected chi connectivity index (χ2v) is 6.20. The minimum atomic E-state index is -0.808. The van der Waals surface area contributed by atoms with Crippen LogP contribution in [0.5, 0.6) is 0 Å². The highest BCUT2D eigenvalue weighted by atomic mass is 35.5. The summed E-state index contributed by atoms with van der Waals surface area (Å²) >= 11 is 6.02. The molecule has 0 bridgehead atoms. The number of carbonyl (C=O) groups is 1. The molecule has 2 aromatic carbocycles. The molecule has 1 aliphatic rings. The average molecular weight is 316 g/mol. The van der Waals surface area contributed by atoms with Gasteiger partial charge in [0.2, 0.25) is 0 Å². The molecular formula is C18H18ClNO2. The summed E-state index contributed by atoms with van der Waals surface area (Å²) in [7, 11) is 0. The lowest BCUT2D eigenvalue weighted by atomic mass is 10.0. The highest BCUT2D eigenvalue weighted by Gasteiger charge is 2.27. The number of hydrogen-bond donors (Lipinski definition) is 2. The van der Waals surface area contributed by atoms with Gasteiger partial charge in [-0.25, -0.2) is 0 Å². The Hall–Kier alpha value is -1.84. The smallest absolute Gasteiger partial charge is 0.321 e. The number of nitrogens with one attached hydrogen (secondary N) is 1. The van der Waals surface area contributed by atoms with E-state index >= 15 is 0 Å². The molecule has 22 heavy (non-hydrogen) atoms. The van der Waals surface area contributed by atoms with Crippen LogP contribution in [0.3, 0.4) is 0 Å². The monoisotopic (exact) mass is 315 g/mol. The maximum absolute atomic E-state index is 11.5. The van der Waals surface area contributed by atoms with Gasteiger partial charge in [-0.3, -0.25) is 4.79 Å². The Bertz CT molecular complexity index is 672. The van der Waals surface area contributed by atoms with E-state index in [0.29, 0.717) is 6.42 Å². The molecule has 0 saturated heterocycles. The molecule has 2 N–H and O–H groups in total. The van der Waals surface area contributed by atoms with E-state index in [4.69, 9.17) is 11.6 Å². The molecule has 1 aliphatic carbocycles. The van der Waals surface area contributed by atoms with Gasteiger partial charge in [0.15, 0.2) is 0 Å². The molecule has 3 nitrogen and oxygen atoms in total. The van der Waals surface area contributed by atoms with E-state index in [9.17, 15) is 9.90 Å². The lowest BCUT2D eigenvalue weighted by Gasteiger charge is -2.19. The van der Waals surface area contributed by atoms with Gasteiger partial charge in [-0.1, -0.05) is 48.0 Å². The van der Waals surface area contributed by atoms with E-state index in [2.05, 4.69) is 5.32 Å². The van der Waals surface area contributed by atoms with E-state index in [1.165, 1.54) is 11.1 Å². The number of hydrogen-bond acceptors (Lipinski definition) is 2. The molecule has 0 spiro atoms. The zero-order valence-corrected chi connectivity index (χ0v) is 12.9. The zero-order chi connectivity index (χ0) is 15.5. The van der Waals surface area contributed by atoms with E-state index < -0.39 is 12.0 Å². The summed E-state index contributed by atoms with van der Waals surface area (Å²) in [6.45, 7) is 0. The first-order chi connectivity index (χ1) is 10.6. The number of rotatable bonds is 5. The number of carboxylic acid groups (broad SMARTS) is 1. The van der Waals surface area contributed by atoms with Gasteiger partial charge >= 0.3 is 5.97 Å². The molecule has 0 aromatic heterocycles. The second kappa shape index (κ2) is 6.51. The van der Waals surface area contributed by atoms with Crippen molar-refractivity contribution in [3.63, 3.8) is 0 Å². The summed E-state index contributed by atoms with van der Waals surface area (Å²) in [4.78, 5) is 11.5. The van der Waals surface area contributed by atoms with Crippen molar-refractivity contribution in [1.82, 2.24) is 5.32 Å². The van der Waals surface area contributed by atoms with Gasteiger partial charge in [0.05, 0.1) is 0 Å². The molecule has 0 heterocycles. The third kappa shape index (κ3) is 3.49. The molecule has 2 aromatic rings. The van der Waals surface area contributed by atoms with Gasteiger partial charge in [0.1, 0.15) is 6.04 Å². The fourth-order valence-corrected chi connectivity index (χ4v) is 3.25. The van der Waals surface area contributed by atoms with Crippen molar-refractivity contribution in [1.29, 1.82) is 0 Å². The standard InChI is InChI=1S/C18H18ClNO2/c19-15-7-6-13-10-16(11-14(13)9-15)20-17(18(21)22)8-12-4-2-1-3-5-12/h1-7,9,16-17,20H,8,10-11H2,(H,21,22)/t16?,17-/m0/s1. The number of fused-ring (bicyclic) bond motifs is 1. The van der Waals surface area contributed by atoms with Crippen LogP contribution >= 0.6 is 11.6 Å². The fraction of sp³-hybridized carbons (Fsp3) is 0.278. The maximum atomic E-state index is 11.5. The van der Waals surface area contributed by atoms with Crippen LogP contribution in [0.15, 0.2) is 48.5 Å². The molecule has 2 atom stereocenters. The number of carboxylic acids is 1. The first kappa shape index (κ1) is 15.1. The Kier molecular flexibility index (Phi) is 4.46. The van der Waals surface area contributed by atoms with Crippen LogP contribution in [0.2, 0.25) is 5.02 Å². The van der Waals surface area contributed by atoms with Crippen molar-refractivity contribution in [2.24, 2.45) is 0 Å². The molecule has 0 fully saturated rings. The number of benzene rings is 2. The molecular weight excluding hydrogens is 298 g/mol. The van der Waals surface area contributed by atoms with E-state index in [1.807, 2.05) is 48.5 Å². The van der Waals surface area contributed by atoms with Crippen molar-refractivity contribution in [2.75, 3.05) is 0 Å². The number of aliphatic carboxylic acids is 1. The predicted octanol–water partition coefficient (Wildman–Crippen LogP) is 3.09. The Morgan fingerprint density at radius 3 is 2.64 bits per heavy atom. The van der Waals surface area contributed by atoms with E-state index in [1.54, 1.807) is 0 Å². The molecule has 0 amide bonds. The van der Waals surface area contributed by atoms with Crippen molar-refractivity contribution in [3.05, 3.63) is 70.2 Å². The molecule has 0 radical (unpaired) electrons. The highest BCUT2D eigenvalue weighted by Crippen LogP contribution is 2.25. The molecule has 1 unspecified atom stereocenters. The van der Waals surface area contributed by atoms with Crippen LogP contribution in [0.25, 0.3) is 0 Å². The lowest BCUT2D eigenvalue weighted by molar-refractivity contribution is -0.139. The zero-order valence-electron chi connectivity index (χ0n) is 12.1. The van der Waals surface area contributed by atoms with Crippen molar-refractivity contribution in [3.8, 4) is 0 Å². The Morgan fingerprint density at radius 2 is 1.91 bits per heavy atom. The summed E-state index contributed by atoms with van der Waals surface area (Å²) in [6, 6.07) is 15.2. The summed E-state index contributed by atoms with van der Waals surface area (Å²) < 4.78 is 0. The van der Waals surface area contributed by atoms with Crippen LogP contribution in [-0.2, 0) is 24.1 Å². The van der Waals surface area contributed by atoms with Crippen LogP contribution in [-0.4, -0.2) is 23.2 Å². The Morgan fingerprint density at radius 1 is 1.18 bits per heavy atom. The van der Waals surface area contributed by atoms with Gasteiger partial charge in [-0.2, -0.15) is 0 Å². The second-order valence-electron chi connectivity index (χ2n) is 5.77. The SMILES string of the molecule is O=C(O)[C@H](Cc1ccccc1)NC1Cc2ccc(Cl)cc2C1. The highest BCUT2D eigenvalue weighted by molar-refractivity contribution is 6.30. The van der Waals surface area contributed by atoms with Gasteiger partial charge in [-0.15, -0.1) is 0 Å². The Balaban J connectivity index is 1.67. The maximum Gasteiger partial charge on any atom is 0.321 e. The Labute approximate surface area is 134 Å². The summed E-state index contributed by atoms with van der Waals surface area (Å²) in [5.74, 6) is -0.808. The largest absolute Gasteiger partial charge is 0.480 e. The quantitative estimate of drug-likeness (QED) is 0.891. The molecule has 0 saturated carbocycles. The third-order valence-corrected chi connectivity index (χ3v) is 4.35. The fourth-order valence-electron chi connectivity index (χ4n) is 3.06. The normalized spacial score (nSPS) is 18.0. The minimum absolute atomic E-state index is 0.151. The molecule has 114 valence electrons. The average Bonchev–Trinajstić information content (AvgIpc) is 2.89. The minimum Gasteiger partial charge on any atom is -0.480 e. The van der Waals surface area contributed by atoms with Crippen LogP contribution < -0.4 is 5.32 Å². The van der Waals surface area contributed by atoms with E-state index in [-0.39, 0.29) is 6.04 Å². The summed E-state index contributed by atoms with van der Waals surface area (Å²) in [5.41, 5.74) is 3.50. The summed E-state index contributed by atoms with van der Waals surface area (Å²) in [6.07, 6.45) is 2.17. The van der Waals surface area contributed by atoms with Crippen molar-refractivity contribution < 1.29 is 9.90 Å². The van der Waals surface area contributed by atoms with E-state index in [0.717, 1.165) is 23.4 Å². The molecule has 3 rings (SSSR count). The summed E-state index contributed by atoms with van der Waals surface area (Å²) in [5, 5.41) is 13.5. The van der Waals surface area contributed by atoms with Crippen LogP contribution in [0.1, 0.15) is 16.7 Å². The van der Waals surface area contributed by atoms with Crippen molar-refractivity contribution >= 4 is 17.6 Å². The molecule has 0 aliphatic heterocycles. The first-order valence-corrected chi connectivity index (χ1v) is 7.79. The van der Waals surface area contributed by atoms with Crippen LogP contribution in [0.4, 0.5) is 0 Å². The van der Waals surface area contributed by atoms with Crippen LogP contribution in [0, 0.1) is 0 Å².